The van der Waals surface area contributed by atoms with Crippen molar-refractivity contribution < 1.29 is 13.2 Å². The van der Waals surface area contributed by atoms with Gasteiger partial charge in [-0.2, -0.15) is 13.2 Å². The van der Waals surface area contributed by atoms with E-state index in [-0.39, 0.29) is 5.69 Å². The highest BCUT2D eigenvalue weighted by Crippen LogP contribution is 2.32. The second kappa shape index (κ2) is 8.02. The van der Waals surface area contributed by atoms with E-state index in [9.17, 15) is 13.2 Å². The minimum absolute atomic E-state index is 0.272. The van der Waals surface area contributed by atoms with Gasteiger partial charge >= 0.3 is 6.18 Å². The number of fused-ring (bicyclic) bond motifs is 1. The lowest BCUT2D eigenvalue weighted by Gasteiger charge is -2.35. The molecule has 1 aliphatic heterocycles. The SMILES string of the molecule is CN1CCC(N(C)c2ncc3ncnc(Nc4cccc(C(F)(F)F)c4)c3n2)CC1. The van der Waals surface area contributed by atoms with E-state index in [1.807, 2.05) is 11.9 Å². The summed E-state index contributed by atoms with van der Waals surface area (Å²) >= 11 is 0. The van der Waals surface area contributed by atoms with Gasteiger partial charge in [-0.3, -0.25) is 0 Å². The lowest BCUT2D eigenvalue weighted by molar-refractivity contribution is -0.137. The minimum atomic E-state index is -4.42. The van der Waals surface area contributed by atoms with Crippen molar-refractivity contribution in [3.63, 3.8) is 0 Å². The number of halogens is 3. The number of alkyl halides is 3. The van der Waals surface area contributed by atoms with Crippen molar-refractivity contribution >= 4 is 28.5 Å². The van der Waals surface area contributed by atoms with Crippen LogP contribution in [0.1, 0.15) is 18.4 Å². The van der Waals surface area contributed by atoms with Crippen molar-refractivity contribution in [3.8, 4) is 0 Å². The normalized spacial score (nSPS) is 16.0. The number of anilines is 3. The summed E-state index contributed by atoms with van der Waals surface area (Å²) in [6.45, 7) is 2.02. The first-order chi connectivity index (χ1) is 14.3. The van der Waals surface area contributed by atoms with Crippen LogP contribution in [-0.4, -0.2) is 58.1 Å². The molecule has 1 saturated heterocycles. The summed E-state index contributed by atoms with van der Waals surface area (Å²) in [6.07, 6.45) is 0.547. The summed E-state index contributed by atoms with van der Waals surface area (Å²) in [4.78, 5) is 21.8. The van der Waals surface area contributed by atoms with Crippen LogP contribution in [0, 0.1) is 0 Å². The third-order valence-electron chi connectivity index (χ3n) is 5.37. The Kier molecular flexibility index (Phi) is 5.42. The van der Waals surface area contributed by atoms with E-state index in [0.29, 0.717) is 28.8 Å². The summed E-state index contributed by atoms with van der Waals surface area (Å²) in [5.74, 6) is 0.874. The predicted molar refractivity (Wildman–Crippen MR) is 109 cm³/mol. The zero-order chi connectivity index (χ0) is 21.3. The Bertz CT molecular complexity index is 1030. The lowest BCUT2D eigenvalue weighted by Crippen LogP contribution is -2.42. The second-order valence-corrected chi connectivity index (χ2v) is 7.48. The van der Waals surface area contributed by atoms with Crippen molar-refractivity contribution in [3.05, 3.63) is 42.4 Å². The molecule has 3 aromatic rings. The molecule has 1 aromatic carbocycles. The van der Waals surface area contributed by atoms with Crippen LogP contribution in [0.5, 0.6) is 0 Å². The molecular weight excluding hydrogens is 395 g/mol. The monoisotopic (exact) mass is 417 g/mol. The molecule has 0 unspecified atom stereocenters. The van der Waals surface area contributed by atoms with Gasteiger partial charge in [-0.15, -0.1) is 0 Å². The van der Waals surface area contributed by atoms with Crippen molar-refractivity contribution in [1.29, 1.82) is 0 Å². The molecule has 10 heteroatoms. The molecule has 7 nitrogen and oxygen atoms in total. The summed E-state index contributed by atoms with van der Waals surface area (Å²) < 4.78 is 39.1. The molecule has 0 bridgehead atoms. The Labute approximate surface area is 172 Å². The fourth-order valence-corrected chi connectivity index (χ4v) is 3.56. The maximum absolute atomic E-state index is 13.0. The fourth-order valence-electron chi connectivity index (χ4n) is 3.56. The number of hydrogen-bond acceptors (Lipinski definition) is 7. The van der Waals surface area contributed by atoms with Gasteiger partial charge in [-0.05, 0) is 51.2 Å². The number of hydrogen-bond donors (Lipinski definition) is 1. The smallest absolute Gasteiger partial charge is 0.341 e. The van der Waals surface area contributed by atoms with Crippen LogP contribution in [0.25, 0.3) is 11.0 Å². The molecule has 1 N–H and O–H groups in total. The van der Waals surface area contributed by atoms with Crippen molar-refractivity contribution in [2.45, 2.75) is 25.1 Å². The average Bonchev–Trinajstić information content (AvgIpc) is 2.73. The van der Waals surface area contributed by atoms with Gasteiger partial charge in [0, 0.05) is 18.8 Å². The van der Waals surface area contributed by atoms with Crippen molar-refractivity contribution in [2.75, 3.05) is 37.4 Å². The molecule has 0 amide bonds. The molecule has 0 atom stereocenters. The Morgan fingerprint density at radius 1 is 1.13 bits per heavy atom. The van der Waals surface area contributed by atoms with Gasteiger partial charge in [-0.25, -0.2) is 19.9 Å². The van der Waals surface area contributed by atoms with Crippen LogP contribution in [0.15, 0.2) is 36.8 Å². The highest BCUT2D eigenvalue weighted by Gasteiger charge is 2.30. The van der Waals surface area contributed by atoms with E-state index < -0.39 is 11.7 Å². The third-order valence-corrected chi connectivity index (χ3v) is 5.37. The van der Waals surface area contributed by atoms with Gasteiger partial charge in [0.15, 0.2) is 5.82 Å². The molecule has 2 aromatic heterocycles. The molecule has 1 fully saturated rings. The van der Waals surface area contributed by atoms with E-state index in [1.165, 1.54) is 12.4 Å². The maximum atomic E-state index is 13.0. The van der Waals surface area contributed by atoms with Gasteiger partial charge < -0.3 is 15.1 Å². The number of benzene rings is 1. The van der Waals surface area contributed by atoms with Gasteiger partial charge in [0.05, 0.1) is 11.8 Å². The van der Waals surface area contributed by atoms with E-state index in [2.05, 4.69) is 37.2 Å². The van der Waals surface area contributed by atoms with Gasteiger partial charge in [0.1, 0.15) is 17.4 Å². The van der Waals surface area contributed by atoms with E-state index in [0.717, 1.165) is 38.1 Å². The van der Waals surface area contributed by atoms with Crippen LogP contribution < -0.4 is 10.2 Å². The molecule has 1 aliphatic rings. The Morgan fingerprint density at radius 3 is 2.63 bits per heavy atom. The molecule has 0 saturated carbocycles. The number of nitrogens with one attached hydrogen (secondary N) is 1. The van der Waals surface area contributed by atoms with Gasteiger partial charge in [0.2, 0.25) is 5.95 Å². The highest BCUT2D eigenvalue weighted by atomic mass is 19.4. The average molecular weight is 417 g/mol. The minimum Gasteiger partial charge on any atom is -0.341 e. The number of rotatable bonds is 4. The highest BCUT2D eigenvalue weighted by molar-refractivity contribution is 5.87. The molecule has 30 heavy (non-hydrogen) atoms. The van der Waals surface area contributed by atoms with Crippen LogP contribution in [0.2, 0.25) is 0 Å². The first-order valence-electron chi connectivity index (χ1n) is 9.64. The summed E-state index contributed by atoms with van der Waals surface area (Å²) in [5.41, 5.74) is 0.511. The molecule has 0 radical (unpaired) electrons. The number of piperidine rings is 1. The number of likely N-dealkylation sites (tertiary alicyclic amines) is 1. The zero-order valence-electron chi connectivity index (χ0n) is 16.7. The quantitative estimate of drug-likeness (QED) is 0.694. The van der Waals surface area contributed by atoms with Crippen LogP contribution in [-0.2, 0) is 6.18 Å². The first kappa shape index (κ1) is 20.3. The van der Waals surface area contributed by atoms with Gasteiger partial charge in [0.25, 0.3) is 0 Å². The van der Waals surface area contributed by atoms with E-state index in [1.54, 1.807) is 12.3 Å². The molecular formula is C20H22F3N7. The molecule has 158 valence electrons. The fraction of sp³-hybridized carbons (Fsp3) is 0.400. The van der Waals surface area contributed by atoms with Crippen molar-refractivity contribution in [1.82, 2.24) is 24.8 Å². The Hall–Kier alpha value is -3.01. The molecule has 3 heterocycles. The molecule has 0 spiro atoms. The first-order valence-corrected chi connectivity index (χ1v) is 9.64. The lowest BCUT2D eigenvalue weighted by atomic mass is 10.0. The Balaban J connectivity index is 1.64. The van der Waals surface area contributed by atoms with Crippen LogP contribution >= 0.6 is 0 Å². The molecule has 4 rings (SSSR count). The van der Waals surface area contributed by atoms with E-state index >= 15 is 0 Å². The largest absolute Gasteiger partial charge is 0.416 e. The summed E-state index contributed by atoms with van der Waals surface area (Å²) in [6, 6.07) is 5.29. The Morgan fingerprint density at radius 2 is 1.90 bits per heavy atom. The predicted octanol–water partition coefficient (Wildman–Crippen LogP) is 3.71. The number of aromatic nitrogens is 4. The third kappa shape index (κ3) is 4.28. The summed E-state index contributed by atoms with van der Waals surface area (Å²) in [7, 11) is 4.06. The standard InChI is InChI=1S/C20H22F3N7/c1-29-8-6-15(7-9-29)30(2)19-24-11-16-17(28-19)18(26-12-25-16)27-14-5-3-4-13(10-14)20(21,22)23/h3-5,10-12,15H,6-9H2,1-2H3,(H,25,26,27). The maximum Gasteiger partial charge on any atom is 0.416 e. The van der Waals surface area contributed by atoms with Crippen LogP contribution in [0.3, 0.4) is 0 Å². The second-order valence-electron chi connectivity index (χ2n) is 7.48. The van der Waals surface area contributed by atoms with E-state index in [4.69, 9.17) is 0 Å². The zero-order valence-corrected chi connectivity index (χ0v) is 16.7. The topological polar surface area (TPSA) is 70.1 Å². The summed E-state index contributed by atoms with van der Waals surface area (Å²) in [5, 5.41) is 2.94. The number of nitrogens with zero attached hydrogens (tertiary/aromatic N) is 6. The van der Waals surface area contributed by atoms with Gasteiger partial charge in [-0.1, -0.05) is 6.07 Å². The van der Waals surface area contributed by atoms with Crippen LogP contribution in [0.4, 0.5) is 30.6 Å². The van der Waals surface area contributed by atoms with Crippen molar-refractivity contribution in [2.24, 2.45) is 0 Å². The molecule has 0 aliphatic carbocycles.